The van der Waals surface area contributed by atoms with Crippen molar-refractivity contribution in [2.24, 2.45) is 16.6 Å². The Morgan fingerprint density at radius 1 is 1.43 bits per heavy atom. The van der Waals surface area contributed by atoms with Crippen molar-refractivity contribution in [2.75, 3.05) is 20.1 Å². The van der Waals surface area contributed by atoms with Gasteiger partial charge in [-0.2, -0.15) is 0 Å². The molecule has 3 aliphatic rings. The van der Waals surface area contributed by atoms with E-state index in [0.717, 1.165) is 38.0 Å². The summed E-state index contributed by atoms with van der Waals surface area (Å²) in [6, 6.07) is 0.254. The second kappa shape index (κ2) is 6.64. The molecule has 0 spiro atoms. The summed E-state index contributed by atoms with van der Waals surface area (Å²) in [6.07, 6.45) is 9.52. The zero-order valence-corrected chi connectivity index (χ0v) is 14.3. The first-order valence-corrected chi connectivity index (χ1v) is 8.42. The molecular formula is C19H26N4. The molecule has 1 unspecified atom stereocenters. The summed E-state index contributed by atoms with van der Waals surface area (Å²) in [4.78, 5) is 9.29. The van der Waals surface area contributed by atoms with Gasteiger partial charge in [0.25, 0.3) is 0 Å². The fourth-order valence-electron chi connectivity index (χ4n) is 3.53. The molecule has 1 aliphatic carbocycles. The third-order valence-corrected chi connectivity index (χ3v) is 4.92. The number of hydrogen-bond donors (Lipinski definition) is 1. The average molecular weight is 310 g/mol. The smallest absolute Gasteiger partial charge is 0.0952 e. The predicted molar refractivity (Wildman–Crippen MR) is 95.5 cm³/mol. The SMILES string of the molecule is CC#CCC1C=CC2=C(C)N(C)C=NC2=C1N1CCC[C@@H](N)C1. The second-order valence-corrected chi connectivity index (χ2v) is 6.53. The van der Waals surface area contributed by atoms with E-state index in [2.05, 4.69) is 40.7 Å². The summed E-state index contributed by atoms with van der Waals surface area (Å²) in [7, 11) is 2.04. The summed E-state index contributed by atoms with van der Waals surface area (Å²) in [5.74, 6) is 6.57. The van der Waals surface area contributed by atoms with Gasteiger partial charge in [0.05, 0.1) is 12.0 Å². The maximum absolute atomic E-state index is 6.23. The van der Waals surface area contributed by atoms with Crippen LogP contribution in [0.1, 0.15) is 33.1 Å². The van der Waals surface area contributed by atoms with E-state index in [0.29, 0.717) is 5.92 Å². The van der Waals surface area contributed by atoms with E-state index in [1.165, 1.54) is 17.0 Å². The average Bonchev–Trinajstić information content (AvgIpc) is 2.55. The lowest BCUT2D eigenvalue weighted by Crippen LogP contribution is -2.44. The summed E-state index contributed by atoms with van der Waals surface area (Å²) in [5.41, 5.74) is 11.1. The van der Waals surface area contributed by atoms with E-state index in [4.69, 9.17) is 10.7 Å². The topological polar surface area (TPSA) is 44.9 Å². The molecule has 0 saturated carbocycles. The zero-order chi connectivity index (χ0) is 16.4. The third-order valence-electron chi connectivity index (χ3n) is 4.92. The quantitative estimate of drug-likeness (QED) is 0.797. The molecule has 0 bridgehead atoms. The molecule has 0 aromatic carbocycles. The van der Waals surface area contributed by atoms with Gasteiger partial charge in [0.2, 0.25) is 0 Å². The Morgan fingerprint density at radius 2 is 2.26 bits per heavy atom. The van der Waals surface area contributed by atoms with Crippen molar-refractivity contribution in [3.05, 3.63) is 34.8 Å². The van der Waals surface area contributed by atoms with Crippen molar-refractivity contribution in [3.8, 4) is 11.8 Å². The molecule has 0 radical (unpaired) electrons. The minimum atomic E-state index is 0.254. The molecule has 1 fully saturated rings. The van der Waals surface area contributed by atoms with Crippen LogP contribution >= 0.6 is 0 Å². The molecule has 23 heavy (non-hydrogen) atoms. The number of rotatable bonds is 2. The molecule has 4 heteroatoms. The Balaban J connectivity index is 2.04. The third kappa shape index (κ3) is 3.07. The minimum Gasteiger partial charge on any atom is -0.371 e. The maximum Gasteiger partial charge on any atom is 0.0952 e. The number of nitrogens with zero attached hydrogens (tertiary/aromatic N) is 3. The monoisotopic (exact) mass is 310 g/mol. The summed E-state index contributed by atoms with van der Waals surface area (Å²) >= 11 is 0. The standard InChI is InChI=1S/C19H26N4/c1-4-5-7-15-9-10-17-14(2)22(3)13-21-18(17)19(15)23-11-6-8-16(20)12-23/h9-10,13,15-16H,6-8,11-12,20H2,1-3H3/t15?,16-/m1/s1. The van der Waals surface area contributed by atoms with Gasteiger partial charge in [-0.3, -0.25) is 0 Å². The lowest BCUT2D eigenvalue weighted by molar-refractivity contribution is 0.239. The first kappa shape index (κ1) is 15.9. The van der Waals surface area contributed by atoms with Crippen LogP contribution in [0.2, 0.25) is 0 Å². The minimum absolute atomic E-state index is 0.254. The van der Waals surface area contributed by atoms with E-state index in [-0.39, 0.29) is 6.04 Å². The van der Waals surface area contributed by atoms with Crippen LogP contribution in [0.25, 0.3) is 0 Å². The maximum atomic E-state index is 6.23. The highest BCUT2D eigenvalue weighted by Crippen LogP contribution is 2.37. The molecule has 0 aromatic heterocycles. The van der Waals surface area contributed by atoms with Gasteiger partial charge in [0.1, 0.15) is 0 Å². The van der Waals surface area contributed by atoms with Crippen molar-refractivity contribution < 1.29 is 0 Å². The van der Waals surface area contributed by atoms with E-state index < -0.39 is 0 Å². The highest BCUT2D eigenvalue weighted by atomic mass is 15.2. The van der Waals surface area contributed by atoms with Crippen LogP contribution in [0.3, 0.4) is 0 Å². The number of allylic oxidation sites excluding steroid dienone is 3. The van der Waals surface area contributed by atoms with Gasteiger partial charge < -0.3 is 15.5 Å². The molecule has 3 rings (SSSR count). The van der Waals surface area contributed by atoms with E-state index >= 15 is 0 Å². The molecule has 4 nitrogen and oxygen atoms in total. The lowest BCUT2D eigenvalue weighted by Gasteiger charge is -2.40. The molecule has 2 atom stereocenters. The first-order valence-electron chi connectivity index (χ1n) is 8.42. The molecule has 122 valence electrons. The van der Waals surface area contributed by atoms with Crippen LogP contribution < -0.4 is 5.73 Å². The van der Waals surface area contributed by atoms with Crippen LogP contribution in [0.4, 0.5) is 0 Å². The van der Waals surface area contributed by atoms with Crippen LogP contribution in [-0.4, -0.2) is 42.3 Å². The molecule has 0 aromatic rings. The Labute approximate surface area is 139 Å². The fourth-order valence-corrected chi connectivity index (χ4v) is 3.53. The van der Waals surface area contributed by atoms with Gasteiger partial charge in [-0.1, -0.05) is 12.2 Å². The van der Waals surface area contributed by atoms with Gasteiger partial charge in [-0.25, -0.2) is 4.99 Å². The van der Waals surface area contributed by atoms with Gasteiger partial charge in [0, 0.05) is 55.5 Å². The molecular weight excluding hydrogens is 284 g/mol. The highest BCUT2D eigenvalue weighted by Gasteiger charge is 2.31. The Kier molecular flexibility index (Phi) is 4.58. The lowest BCUT2D eigenvalue weighted by atomic mass is 9.87. The van der Waals surface area contributed by atoms with Crippen LogP contribution in [0.5, 0.6) is 0 Å². The number of fused-ring (bicyclic) bond motifs is 1. The predicted octanol–water partition coefficient (Wildman–Crippen LogP) is 2.47. The van der Waals surface area contributed by atoms with Gasteiger partial charge in [0.15, 0.2) is 0 Å². The van der Waals surface area contributed by atoms with E-state index in [1.807, 2.05) is 20.3 Å². The van der Waals surface area contributed by atoms with Crippen LogP contribution in [-0.2, 0) is 0 Å². The summed E-state index contributed by atoms with van der Waals surface area (Å²) in [5, 5.41) is 0. The molecule has 1 saturated heterocycles. The number of likely N-dealkylation sites (tertiary alicyclic amines) is 1. The summed E-state index contributed by atoms with van der Waals surface area (Å²) < 4.78 is 0. The number of hydrogen-bond acceptors (Lipinski definition) is 4. The van der Waals surface area contributed by atoms with Gasteiger partial charge in [-0.15, -0.1) is 11.8 Å². The fraction of sp³-hybridized carbons (Fsp3) is 0.526. The van der Waals surface area contributed by atoms with Gasteiger partial charge >= 0.3 is 0 Å². The number of nitrogens with two attached hydrogens (primary N) is 1. The summed E-state index contributed by atoms with van der Waals surface area (Å²) in [6.45, 7) is 6.03. The van der Waals surface area contributed by atoms with Crippen LogP contribution in [0, 0.1) is 17.8 Å². The van der Waals surface area contributed by atoms with E-state index in [9.17, 15) is 0 Å². The van der Waals surface area contributed by atoms with Crippen molar-refractivity contribution in [1.29, 1.82) is 0 Å². The normalized spacial score (nSPS) is 27.1. The zero-order valence-electron chi connectivity index (χ0n) is 14.3. The van der Waals surface area contributed by atoms with Crippen molar-refractivity contribution >= 4 is 6.34 Å². The Morgan fingerprint density at radius 3 is 3.00 bits per heavy atom. The molecule has 2 N–H and O–H groups in total. The highest BCUT2D eigenvalue weighted by molar-refractivity contribution is 5.68. The van der Waals surface area contributed by atoms with Gasteiger partial charge in [-0.05, 0) is 26.7 Å². The van der Waals surface area contributed by atoms with Crippen molar-refractivity contribution in [2.45, 2.75) is 39.2 Å². The van der Waals surface area contributed by atoms with Crippen molar-refractivity contribution in [1.82, 2.24) is 9.80 Å². The van der Waals surface area contributed by atoms with E-state index in [1.54, 1.807) is 0 Å². The molecule has 0 amide bonds. The first-order chi connectivity index (χ1) is 11.1. The largest absolute Gasteiger partial charge is 0.371 e. The Hall–Kier alpha value is -1.99. The Bertz CT molecular complexity index is 657. The number of piperidine rings is 1. The van der Waals surface area contributed by atoms with Crippen LogP contribution in [0.15, 0.2) is 39.8 Å². The second-order valence-electron chi connectivity index (χ2n) is 6.53. The number of aliphatic imine (C=N–C) groups is 1. The molecule has 2 aliphatic heterocycles. The van der Waals surface area contributed by atoms with Crippen molar-refractivity contribution in [3.63, 3.8) is 0 Å². The molecule has 2 heterocycles.